The van der Waals surface area contributed by atoms with Crippen molar-refractivity contribution in [2.45, 2.75) is 31.6 Å². The number of benzene rings is 1. The van der Waals surface area contributed by atoms with Gasteiger partial charge in [-0.05, 0) is 44.6 Å². The van der Waals surface area contributed by atoms with Crippen molar-refractivity contribution in [3.05, 3.63) is 28.8 Å². The van der Waals surface area contributed by atoms with Gasteiger partial charge in [0, 0.05) is 11.6 Å². The summed E-state index contributed by atoms with van der Waals surface area (Å²) < 4.78 is 5.35. The van der Waals surface area contributed by atoms with Gasteiger partial charge in [0.2, 0.25) is 0 Å². The van der Waals surface area contributed by atoms with Gasteiger partial charge >= 0.3 is 11.9 Å². The molecule has 0 fully saturated rings. The highest BCUT2D eigenvalue weighted by atomic mass is 35.5. The zero-order valence-electron chi connectivity index (χ0n) is 14.7. The predicted molar refractivity (Wildman–Crippen MR) is 96.9 cm³/mol. The minimum absolute atomic E-state index is 0.152. The van der Waals surface area contributed by atoms with Crippen molar-refractivity contribution in [3.8, 4) is 0 Å². The lowest BCUT2D eigenvalue weighted by atomic mass is 9.72. The molecule has 1 atom stereocenters. The number of halogens is 1. The summed E-state index contributed by atoms with van der Waals surface area (Å²) >= 11 is 6.02. The maximum absolute atomic E-state index is 12.6. The number of carbonyl (C=O) groups excluding carboxylic acids is 1. The van der Waals surface area contributed by atoms with E-state index in [1.807, 2.05) is 25.9 Å². The molecule has 0 bridgehead atoms. The fourth-order valence-corrected chi connectivity index (χ4v) is 3.30. The number of fused-ring (bicyclic) bond motifs is 1. The minimum Gasteiger partial charge on any atom is -0.481 e. The van der Waals surface area contributed by atoms with Gasteiger partial charge in [0.15, 0.2) is 0 Å². The molecule has 136 valence electrons. The summed E-state index contributed by atoms with van der Waals surface area (Å²) in [7, 11) is 3.89. The lowest BCUT2D eigenvalue weighted by Gasteiger charge is -2.28. The first-order valence-electron chi connectivity index (χ1n) is 8.23. The Bertz CT molecular complexity index is 702. The van der Waals surface area contributed by atoms with Gasteiger partial charge in [-0.1, -0.05) is 24.6 Å². The summed E-state index contributed by atoms with van der Waals surface area (Å²) in [6, 6.07) is 5.09. The van der Waals surface area contributed by atoms with E-state index in [9.17, 15) is 14.7 Å². The number of esters is 1. The smallest absolute Gasteiger partial charge is 0.353 e. The molecule has 1 N–H and O–H groups in total. The van der Waals surface area contributed by atoms with Crippen LogP contribution in [0, 0.1) is 0 Å². The Morgan fingerprint density at radius 3 is 2.68 bits per heavy atom. The first-order valence-corrected chi connectivity index (χ1v) is 8.61. The Morgan fingerprint density at radius 2 is 2.08 bits per heavy atom. The van der Waals surface area contributed by atoms with Crippen molar-refractivity contribution in [3.63, 3.8) is 0 Å². The van der Waals surface area contributed by atoms with Crippen LogP contribution in [0.1, 0.15) is 31.7 Å². The third kappa shape index (κ3) is 4.19. The number of carboxylic acids is 1. The van der Waals surface area contributed by atoms with Crippen LogP contribution >= 0.6 is 11.6 Å². The van der Waals surface area contributed by atoms with E-state index in [4.69, 9.17) is 16.3 Å². The zero-order valence-corrected chi connectivity index (χ0v) is 15.5. The Labute approximate surface area is 152 Å². The van der Waals surface area contributed by atoms with E-state index in [1.54, 1.807) is 18.2 Å². The van der Waals surface area contributed by atoms with Gasteiger partial charge in [-0.3, -0.25) is 4.79 Å². The minimum atomic E-state index is -0.988. The van der Waals surface area contributed by atoms with Crippen molar-refractivity contribution >= 4 is 34.9 Å². The second kappa shape index (κ2) is 7.97. The average Bonchev–Trinajstić information content (AvgIpc) is 2.84. The molecule has 0 radical (unpaired) electrons. The van der Waals surface area contributed by atoms with Crippen LogP contribution in [0.15, 0.2) is 23.2 Å². The van der Waals surface area contributed by atoms with Crippen LogP contribution in [-0.2, 0) is 19.7 Å². The average molecular weight is 367 g/mol. The van der Waals surface area contributed by atoms with Gasteiger partial charge in [0.25, 0.3) is 0 Å². The summed E-state index contributed by atoms with van der Waals surface area (Å²) in [6.45, 7) is 2.91. The van der Waals surface area contributed by atoms with E-state index in [0.717, 1.165) is 6.54 Å². The Morgan fingerprint density at radius 1 is 1.36 bits per heavy atom. The van der Waals surface area contributed by atoms with Gasteiger partial charge in [0.05, 0.1) is 24.1 Å². The number of ether oxygens (including phenoxy) is 1. The van der Waals surface area contributed by atoms with E-state index < -0.39 is 17.4 Å². The highest BCUT2D eigenvalue weighted by Gasteiger charge is 2.47. The molecule has 1 aliphatic heterocycles. The molecule has 1 heterocycles. The van der Waals surface area contributed by atoms with Gasteiger partial charge in [-0.15, -0.1) is 0 Å². The Hall–Kier alpha value is -1.92. The highest BCUT2D eigenvalue weighted by molar-refractivity contribution is 6.42. The summed E-state index contributed by atoms with van der Waals surface area (Å²) in [5.74, 6) is -1.55. The lowest BCUT2D eigenvalue weighted by Crippen LogP contribution is -2.40. The van der Waals surface area contributed by atoms with Crippen LogP contribution in [-0.4, -0.2) is 54.9 Å². The van der Waals surface area contributed by atoms with E-state index in [-0.39, 0.29) is 18.7 Å². The van der Waals surface area contributed by atoms with E-state index in [0.29, 0.717) is 29.1 Å². The molecule has 0 aliphatic carbocycles. The molecule has 0 saturated heterocycles. The molecule has 0 aromatic heterocycles. The number of hydrogen-bond acceptors (Lipinski definition) is 5. The molecule has 1 unspecified atom stereocenters. The van der Waals surface area contributed by atoms with Crippen molar-refractivity contribution in [2.24, 2.45) is 4.99 Å². The second-order valence-electron chi connectivity index (χ2n) is 6.42. The number of aliphatic carboxylic acids is 1. The van der Waals surface area contributed by atoms with E-state index >= 15 is 0 Å². The SMILES string of the molecule is CCC1(CC(=O)O)C(C(=O)OCCCN(C)C)=Nc2cc(Cl)ccc21. The van der Waals surface area contributed by atoms with Crippen molar-refractivity contribution in [1.29, 1.82) is 0 Å². The normalized spacial score (nSPS) is 18.8. The molecule has 1 aromatic carbocycles. The monoisotopic (exact) mass is 366 g/mol. The first-order chi connectivity index (χ1) is 11.8. The fraction of sp³-hybridized carbons (Fsp3) is 0.500. The molecule has 2 rings (SSSR count). The second-order valence-corrected chi connectivity index (χ2v) is 6.86. The summed E-state index contributed by atoms with van der Waals surface area (Å²) in [4.78, 5) is 30.5. The number of carbonyl (C=O) groups is 2. The van der Waals surface area contributed by atoms with Crippen LogP contribution in [0.3, 0.4) is 0 Å². The van der Waals surface area contributed by atoms with Crippen molar-refractivity contribution < 1.29 is 19.4 Å². The molecule has 0 spiro atoms. The molecular weight excluding hydrogens is 344 g/mol. The van der Waals surface area contributed by atoms with Gasteiger partial charge in [-0.25, -0.2) is 9.79 Å². The maximum atomic E-state index is 12.6. The van der Waals surface area contributed by atoms with Crippen molar-refractivity contribution in [1.82, 2.24) is 4.90 Å². The Kier molecular flexibility index (Phi) is 6.19. The standard InChI is InChI=1S/C18H23ClN2O4/c1-4-18(11-15(22)23)13-7-6-12(19)10-14(13)20-16(18)17(24)25-9-5-8-21(2)3/h6-7,10H,4-5,8-9,11H2,1-3H3,(H,22,23). The van der Waals surface area contributed by atoms with Crippen molar-refractivity contribution in [2.75, 3.05) is 27.2 Å². The Balaban J connectivity index is 2.29. The third-order valence-electron chi connectivity index (χ3n) is 4.39. The molecule has 25 heavy (non-hydrogen) atoms. The maximum Gasteiger partial charge on any atom is 0.353 e. The van der Waals surface area contributed by atoms with E-state index in [2.05, 4.69) is 4.99 Å². The van der Waals surface area contributed by atoms with Crippen LogP contribution in [0.2, 0.25) is 5.02 Å². The quantitative estimate of drug-likeness (QED) is 0.565. The number of nitrogens with zero attached hydrogens (tertiary/aromatic N) is 2. The largest absolute Gasteiger partial charge is 0.481 e. The van der Waals surface area contributed by atoms with Gasteiger partial charge in [-0.2, -0.15) is 0 Å². The number of carboxylic acid groups (broad SMARTS) is 1. The molecule has 1 aliphatic rings. The summed E-state index contributed by atoms with van der Waals surface area (Å²) in [6.07, 6.45) is 0.909. The van der Waals surface area contributed by atoms with Gasteiger partial charge in [0.1, 0.15) is 5.71 Å². The molecular formula is C18H23ClN2O4. The molecule has 6 nitrogen and oxygen atoms in total. The number of rotatable bonds is 8. The fourth-order valence-electron chi connectivity index (χ4n) is 3.13. The topological polar surface area (TPSA) is 79.2 Å². The van der Waals surface area contributed by atoms with E-state index in [1.165, 1.54) is 0 Å². The number of aliphatic imine (C=N–C) groups is 1. The summed E-state index contributed by atoms with van der Waals surface area (Å²) in [5.41, 5.74) is 0.419. The third-order valence-corrected chi connectivity index (χ3v) is 4.63. The lowest BCUT2D eigenvalue weighted by molar-refractivity contribution is -0.138. The van der Waals surface area contributed by atoms with Crippen LogP contribution in [0.25, 0.3) is 0 Å². The predicted octanol–water partition coefficient (Wildman–Crippen LogP) is 3.04. The summed E-state index contributed by atoms with van der Waals surface area (Å²) in [5, 5.41) is 9.88. The highest BCUT2D eigenvalue weighted by Crippen LogP contribution is 2.46. The molecule has 7 heteroatoms. The first kappa shape index (κ1) is 19.4. The molecule has 1 aromatic rings. The molecule has 0 saturated carbocycles. The zero-order chi connectivity index (χ0) is 18.6. The van der Waals surface area contributed by atoms with Crippen LogP contribution in [0.5, 0.6) is 0 Å². The van der Waals surface area contributed by atoms with Crippen LogP contribution < -0.4 is 0 Å². The number of hydrogen-bond donors (Lipinski definition) is 1. The van der Waals surface area contributed by atoms with Crippen LogP contribution in [0.4, 0.5) is 5.69 Å². The molecule has 0 amide bonds. The van der Waals surface area contributed by atoms with Gasteiger partial charge < -0.3 is 14.7 Å².